The zero-order valence-electron chi connectivity index (χ0n) is 11.6. The molecule has 0 aliphatic carbocycles. The molecule has 0 radical (unpaired) electrons. The third-order valence-corrected chi connectivity index (χ3v) is 6.57. The molecule has 0 spiro atoms. The first-order valence-electron chi connectivity index (χ1n) is 6.56. The van der Waals surface area contributed by atoms with Gasteiger partial charge in [0.15, 0.2) is 8.68 Å². The van der Waals surface area contributed by atoms with Gasteiger partial charge in [-0.05, 0) is 19.8 Å². The minimum atomic E-state index is -3.45. The Hall–Kier alpha value is -0.170. The molecule has 110 valence electrons. The number of nitrogens with zero attached hydrogens (tertiary/aromatic N) is 2. The van der Waals surface area contributed by atoms with Gasteiger partial charge in [0, 0.05) is 13.1 Å². The molecule has 1 rings (SSSR count). The topological polar surface area (TPSA) is 50.3 Å². The molecule has 0 bridgehead atoms. The molecular weight excluding hydrogens is 304 g/mol. The van der Waals surface area contributed by atoms with Crippen molar-refractivity contribution in [2.45, 2.75) is 50.7 Å². The summed E-state index contributed by atoms with van der Waals surface area (Å²) in [6.07, 6.45) is 3.68. The molecule has 0 saturated heterocycles. The summed E-state index contributed by atoms with van der Waals surface area (Å²) >= 11 is 6.85. The van der Waals surface area contributed by atoms with Gasteiger partial charge in [0.1, 0.15) is 0 Å². The number of unbranched alkanes of at least 4 members (excludes halogenated alkanes) is 2. The second-order valence-corrected chi connectivity index (χ2v) is 8.17. The van der Waals surface area contributed by atoms with Crippen molar-refractivity contribution in [3.63, 3.8) is 0 Å². The lowest BCUT2D eigenvalue weighted by atomic mass is 10.3. The highest BCUT2D eigenvalue weighted by atomic mass is 35.5. The Morgan fingerprint density at radius 2 is 1.74 bits per heavy atom. The van der Waals surface area contributed by atoms with E-state index in [4.69, 9.17) is 11.6 Å². The third kappa shape index (κ3) is 4.41. The Morgan fingerprint density at radius 1 is 1.21 bits per heavy atom. The number of aromatic nitrogens is 1. The van der Waals surface area contributed by atoms with Crippen molar-refractivity contribution >= 4 is 33.0 Å². The van der Waals surface area contributed by atoms with E-state index in [0.29, 0.717) is 18.8 Å². The van der Waals surface area contributed by atoms with E-state index in [9.17, 15) is 8.42 Å². The fourth-order valence-electron chi connectivity index (χ4n) is 1.73. The van der Waals surface area contributed by atoms with E-state index in [2.05, 4.69) is 18.8 Å². The predicted octanol–water partition coefficient (Wildman–Crippen LogP) is 3.70. The minimum absolute atomic E-state index is 0.280. The summed E-state index contributed by atoms with van der Waals surface area (Å²) in [7, 11) is -3.45. The van der Waals surface area contributed by atoms with E-state index in [1.807, 2.05) is 0 Å². The molecule has 0 aliphatic heterocycles. The summed E-state index contributed by atoms with van der Waals surface area (Å²) in [6, 6.07) is 0. The van der Waals surface area contributed by atoms with Gasteiger partial charge in [0.05, 0.1) is 5.69 Å². The van der Waals surface area contributed by atoms with Crippen molar-refractivity contribution in [3.8, 4) is 0 Å². The van der Waals surface area contributed by atoms with Crippen LogP contribution in [0.2, 0.25) is 4.47 Å². The van der Waals surface area contributed by atoms with Gasteiger partial charge >= 0.3 is 0 Å². The summed E-state index contributed by atoms with van der Waals surface area (Å²) in [5, 5.41) is 0. The molecule has 0 fully saturated rings. The molecule has 0 unspecified atom stereocenters. The van der Waals surface area contributed by atoms with Gasteiger partial charge in [-0.1, -0.05) is 49.6 Å². The molecule has 0 saturated carbocycles. The highest BCUT2D eigenvalue weighted by molar-refractivity contribution is 7.91. The molecule has 4 nitrogen and oxygen atoms in total. The molecule has 7 heteroatoms. The zero-order chi connectivity index (χ0) is 14.5. The quantitative estimate of drug-likeness (QED) is 0.732. The third-order valence-electron chi connectivity index (χ3n) is 2.82. The first-order valence-corrected chi connectivity index (χ1v) is 9.20. The summed E-state index contributed by atoms with van der Waals surface area (Å²) in [5.41, 5.74) is 0.494. The zero-order valence-corrected chi connectivity index (χ0v) is 14.0. The minimum Gasteiger partial charge on any atom is -0.229 e. The fraction of sp³-hybridized carbons (Fsp3) is 0.750. The smallest absolute Gasteiger partial charge is 0.229 e. The molecule has 1 heterocycles. The lowest BCUT2D eigenvalue weighted by molar-refractivity contribution is 0.396. The van der Waals surface area contributed by atoms with Crippen LogP contribution in [0.4, 0.5) is 0 Å². The summed E-state index contributed by atoms with van der Waals surface area (Å²) < 4.78 is 27.4. The van der Waals surface area contributed by atoms with E-state index in [0.717, 1.165) is 37.0 Å². The van der Waals surface area contributed by atoms with E-state index >= 15 is 0 Å². The van der Waals surface area contributed by atoms with E-state index in [1.165, 1.54) is 0 Å². The molecule has 0 aromatic carbocycles. The standard InChI is InChI=1S/C12H21ClN2O2S2/c1-4-6-8-15(9-7-5-2)19(16,17)11-10(3)14-12(13)18-11/h4-9H2,1-3H3. The maximum absolute atomic E-state index is 12.6. The van der Waals surface area contributed by atoms with Crippen LogP contribution in [0.5, 0.6) is 0 Å². The van der Waals surface area contributed by atoms with Crippen LogP contribution in [-0.2, 0) is 10.0 Å². The van der Waals surface area contributed by atoms with Crippen LogP contribution in [0, 0.1) is 6.92 Å². The Balaban J connectivity index is 3.00. The molecule has 0 atom stereocenters. The Bertz CT molecular complexity index is 492. The van der Waals surface area contributed by atoms with Crippen molar-refractivity contribution in [2.75, 3.05) is 13.1 Å². The molecule has 1 aromatic heterocycles. The second-order valence-electron chi connectivity index (χ2n) is 4.45. The highest BCUT2D eigenvalue weighted by Gasteiger charge is 2.28. The largest absolute Gasteiger partial charge is 0.254 e. The average Bonchev–Trinajstić information content (AvgIpc) is 2.69. The van der Waals surface area contributed by atoms with Crippen LogP contribution in [0.1, 0.15) is 45.2 Å². The second kappa shape index (κ2) is 7.57. The average molecular weight is 325 g/mol. The lowest BCUT2D eigenvalue weighted by Gasteiger charge is -2.21. The molecule has 19 heavy (non-hydrogen) atoms. The van der Waals surface area contributed by atoms with E-state index < -0.39 is 10.0 Å². The summed E-state index contributed by atoms with van der Waals surface area (Å²) in [6.45, 7) is 6.92. The Labute approximate surface area is 124 Å². The van der Waals surface area contributed by atoms with Crippen LogP contribution in [0.25, 0.3) is 0 Å². The predicted molar refractivity (Wildman–Crippen MR) is 80.4 cm³/mol. The number of thiazole rings is 1. The number of aryl methyl sites for hydroxylation is 1. The van der Waals surface area contributed by atoms with Gasteiger partial charge in [0.25, 0.3) is 10.0 Å². The van der Waals surface area contributed by atoms with Gasteiger partial charge in [-0.3, -0.25) is 0 Å². The van der Waals surface area contributed by atoms with Gasteiger partial charge in [0.2, 0.25) is 0 Å². The first kappa shape index (κ1) is 16.9. The number of rotatable bonds is 8. The monoisotopic (exact) mass is 324 g/mol. The molecular formula is C12H21ClN2O2S2. The number of halogens is 1. The lowest BCUT2D eigenvalue weighted by Crippen LogP contribution is -2.32. The van der Waals surface area contributed by atoms with Gasteiger partial charge in [-0.25, -0.2) is 13.4 Å². The maximum atomic E-state index is 12.6. The van der Waals surface area contributed by atoms with Crippen molar-refractivity contribution in [1.29, 1.82) is 0 Å². The maximum Gasteiger partial charge on any atom is 0.254 e. The van der Waals surface area contributed by atoms with Crippen LogP contribution >= 0.6 is 22.9 Å². The van der Waals surface area contributed by atoms with Gasteiger partial charge in [-0.15, -0.1) is 0 Å². The van der Waals surface area contributed by atoms with Crippen LogP contribution in [-0.4, -0.2) is 30.8 Å². The van der Waals surface area contributed by atoms with Crippen LogP contribution in [0.15, 0.2) is 4.21 Å². The van der Waals surface area contributed by atoms with Gasteiger partial charge < -0.3 is 0 Å². The van der Waals surface area contributed by atoms with Crippen LogP contribution in [0.3, 0.4) is 0 Å². The summed E-state index contributed by atoms with van der Waals surface area (Å²) in [4.78, 5) is 4.00. The van der Waals surface area contributed by atoms with Crippen molar-refractivity contribution in [2.24, 2.45) is 0 Å². The van der Waals surface area contributed by atoms with Crippen molar-refractivity contribution in [1.82, 2.24) is 9.29 Å². The number of sulfonamides is 1. The van der Waals surface area contributed by atoms with Gasteiger partial charge in [-0.2, -0.15) is 4.31 Å². The molecule has 1 aromatic rings. The Kier molecular flexibility index (Phi) is 6.73. The highest BCUT2D eigenvalue weighted by Crippen LogP contribution is 2.29. The van der Waals surface area contributed by atoms with Crippen molar-refractivity contribution in [3.05, 3.63) is 10.2 Å². The van der Waals surface area contributed by atoms with E-state index in [1.54, 1.807) is 11.2 Å². The molecule has 0 amide bonds. The van der Waals surface area contributed by atoms with E-state index in [-0.39, 0.29) is 8.68 Å². The number of hydrogen-bond acceptors (Lipinski definition) is 4. The normalized spacial score (nSPS) is 12.3. The van der Waals surface area contributed by atoms with Crippen molar-refractivity contribution < 1.29 is 8.42 Å². The fourth-order valence-corrected chi connectivity index (χ4v) is 5.12. The Morgan fingerprint density at radius 3 is 2.11 bits per heavy atom. The molecule has 0 aliphatic rings. The SMILES string of the molecule is CCCCN(CCCC)S(=O)(=O)c1sc(Cl)nc1C. The molecule has 0 N–H and O–H groups in total. The summed E-state index contributed by atoms with van der Waals surface area (Å²) in [5.74, 6) is 0. The number of hydrogen-bond donors (Lipinski definition) is 0. The van der Waals surface area contributed by atoms with Crippen LogP contribution < -0.4 is 0 Å². The first-order chi connectivity index (χ1) is 8.93.